The predicted octanol–water partition coefficient (Wildman–Crippen LogP) is 5.61. The van der Waals surface area contributed by atoms with Crippen LogP contribution < -0.4 is 4.74 Å². The number of carbonyl (C=O) groups is 1. The fourth-order valence-electron chi connectivity index (χ4n) is 4.93. The van der Waals surface area contributed by atoms with E-state index >= 15 is 0 Å². The van der Waals surface area contributed by atoms with Crippen molar-refractivity contribution in [1.29, 1.82) is 0 Å². The molecule has 1 aliphatic rings. The molecule has 0 saturated carbocycles. The lowest BCUT2D eigenvalue weighted by atomic mass is 9.71. The first kappa shape index (κ1) is 25.9. The highest BCUT2D eigenvalue weighted by Gasteiger charge is 2.37. The summed E-state index contributed by atoms with van der Waals surface area (Å²) >= 11 is 3.59. The van der Waals surface area contributed by atoms with Crippen molar-refractivity contribution in [3.8, 4) is 5.75 Å². The molecular formula is C26H31FN2O4S2. The van der Waals surface area contributed by atoms with Gasteiger partial charge in [0.1, 0.15) is 11.6 Å². The number of benzene rings is 1. The lowest BCUT2D eigenvalue weighted by molar-refractivity contribution is -0.141. The molecule has 1 atom stereocenters. The van der Waals surface area contributed by atoms with Gasteiger partial charge in [0, 0.05) is 23.2 Å². The molecule has 1 aromatic carbocycles. The summed E-state index contributed by atoms with van der Waals surface area (Å²) in [5.41, 5.74) is 0.374. The molecule has 0 radical (unpaired) electrons. The molecule has 9 heteroatoms. The minimum Gasteiger partial charge on any atom is -0.497 e. The zero-order valence-electron chi connectivity index (χ0n) is 19.8. The fourth-order valence-corrected chi connectivity index (χ4v) is 6.79. The van der Waals surface area contributed by atoms with Crippen LogP contribution in [0.15, 0.2) is 46.1 Å². The molecule has 0 bridgehead atoms. The van der Waals surface area contributed by atoms with Crippen molar-refractivity contribution in [3.05, 3.63) is 53.3 Å². The van der Waals surface area contributed by atoms with Crippen LogP contribution >= 0.6 is 23.1 Å². The van der Waals surface area contributed by atoms with Gasteiger partial charge < -0.3 is 19.8 Å². The average Bonchev–Trinajstić information content (AvgIpc) is 3.36. The number of nitrogens with zero attached hydrogens (tertiary/aromatic N) is 2. The lowest BCUT2D eigenvalue weighted by Crippen LogP contribution is -2.42. The summed E-state index contributed by atoms with van der Waals surface area (Å²) in [6, 6.07) is 9.35. The van der Waals surface area contributed by atoms with Gasteiger partial charge in [-0.25, -0.2) is 4.39 Å². The van der Waals surface area contributed by atoms with Gasteiger partial charge in [-0.15, -0.1) is 23.1 Å². The van der Waals surface area contributed by atoms with Gasteiger partial charge >= 0.3 is 5.97 Å². The van der Waals surface area contributed by atoms with Gasteiger partial charge in [-0.2, -0.15) is 0 Å². The van der Waals surface area contributed by atoms with Gasteiger partial charge in [0.2, 0.25) is 0 Å². The number of aliphatic hydroxyl groups is 1. The number of hydrogen-bond donors (Lipinski definition) is 2. The highest BCUT2D eigenvalue weighted by atomic mass is 32.2. The Kier molecular flexibility index (Phi) is 8.64. The van der Waals surface area contributed by atoms with Gasteiger partial charge in [0.15, 0.2) is 0 Å². The van der Waals surface area contributed by atoms with Crippen LogP contribution in [0.5, 0.6) is 5.75 Å². The standard InChI is InChI=1S/C26H31FN2O4S2/c1-33-18-4-5-21-19(15-18)25(20(27)17-28-21)22(30)6-7-26(16-23(31)32)8-10-29(11-9-26)12-14-35-24-3-2-13-34-24/h2-5,13,15,17,22,30H,6-12,14,16H2,1H3,(H,31,32)/t22-/m0/s1. The number of aromatic nitrogens is 1. The van der Waals surface area contributed by atoms with E-state index in [9.17, 15) is 19.4 Å². The van der Waals surface area contributed by atoms with Crippen LogP contribution in [0.2, 0.25) is 0 Å². The molecule has 0 aliphatic carbocycles. The number of aliphatic hydroxyl groups excluding tert-OH is 1. The highest BCUT2D eigenvalue weighted by Crippen LogP contribution is 2.42. The quantitative estimate of drug-likeness (QED) is 0.319. The van der Waals surface area contributed by atoms with Crippen molar-refractivity contribution in [2.45, 2.75) is 42.4 Å². The van der Waals surface area contributed by atoms with Crippen LogP contribution in [0.1, 0.15) is 43.8 Å². The number of carboxylic acids is 1. The van der Waals surface area contributed by atoms with Crippen molar-refractivity contribution in [1.82, 2.24) is 9.88 Å². The van der Waals surface area contributed by atoms with E-state index in [1.165, 1.54) is 11.3 Å². The maximum Gasteiger partial charge on any atom is 0.303 e. The van der Waals surface area contributed by atoms with Gasteiger partial charge in [-0.05, 0) is 73.8 Å². The first-order valence-electron chi connectivity index (χ1n) is 11.8. The molecule has 188 valence electrons. The highest BCUT2D eigenvalue weighted by molar-refractivity contribution is 8.01. The fraction of sp³-hybridized carbons (Fsp3) is 0.462. The molecule has 35 heavy (non-hydrogen) atoms. The maximum atomic E-state index is 14.8. The molecule has 2 aromatic heterocycles. The predicted molar refractivity (Wildman–Crippen MR) is 138 cm³/mol. The summed E-state index contributed by atoms with van der Waals surface area (Å²) in [6.45, 7) is 2.63. The molecular weight excluding hydrogens is 487 g/mol. The molecule has 1 saturated heterocycles. The van der Waals surface area contributed by atoms with Gasteiger partial charge in [0.25, 0.3) is 0 Å². The molecule has 3 heterocycles. The topological polar surface area (TPSA) is 82.9 Å². The largest absolute Gasteiger partial charge is 0.497 e. The first-order valence-corrected chi connectivity index (χ1v) is 13.7. The van der Waals surface area contributed by atoms with Crippen molar-refractivity contribution in [3.63, 3.8) is 0 Å². The number of halogens is 1. The normalized spacial score (nSPS) is 16.9. The number of carboxylic acid groups (broad SMARTS) is 1. The third-order valence-corrected chi connectivity index (χ3v) is 9.05. The summed E-state index contributed by atoms with van der Waals surface area (Å²) in [6.07, 6.45) is 2.45. The Morgan fingerprint density at radius 3 is 2.83 bits per heavy atom. The summed E-state index contributed by atoms with van der Waals surface area (Å²) in [5.74, 6) is 0.170. The number of hydrogen-bond acceptors (Lipinski definition) is 7. The Hall–Kier alpha value is -2.20. The van der Waals surface area contributed by atoms with E-state index in [1.807, 2.05) is 11.8 Å². The smallest absolute Gasteiger partial charge is 0.303 e. The zero-order chi connectivity index (χ0) is 24.8. The summed E-state index contributed by atoms with van der Waals surface area (Å²) in [7, 11) is 1.53. The minimum atomic E-state index is -1.06. The van der Waals surface area contributed by atoms with Crippen molar-refractivity contribution < 1.29 is 24.1 Å². The lowest BCUT2D eigenvalue weighted by Gasteiger charge is -2.41. The Balaban J connectivity index is 1.40. The number of rotatable bonds is 11. The molecule has 0 unspecified atom stereocenters. The van der Waals surface area contributed by atoms with Crippen LogP contribution in [0.25, 0.3) is 10.9 Å². The van der Waals surface area contributed by atoms with Gasteiger partial charge in [-0.3, -0.25) is 9.78 Å². The Morgan fingerprint density at radius 2 is 2.14 bits per heavy atom. The number of piperidine rings is 1. The number of likely N-dealkylation sites (tertiary alicyclic amines) is 1. The third kappa shape index (κ3) is 6.52. The van der Waals surface area contributed by atoms with E-state index in [0.29, 0.717) is 23.1 Å². The monoisotopic (exact) mass is 518 g/mol. The van der Waals surface area contributed by atoms with Crippen LogP contribution in [0.4, 0.5) is 4.39 Å². The molecule has 1 fully saturated rings. The van der Waals surface area contributed by atoms with E-state index in [1.54, 1.807) is 29.5 Å². The molecule has 6 nitrogen and oxygen atoms in total. The van der Waals surface area contributed by atoms with E-state index in [-0.39, 0.29) is 18.4 Å². The number of ether oxygens (including phenoxy) is 1. The summed E-state index contributed by atoms with van der Waals surface area (Å²) < 4.78 is 21.4. The Bertz CT molecular complexity index is 1130. The number of thioether (sulfide) groups is 1. The Morgan fingerprint density at radius 1 is 1.34 bits per heavy atom. The SMILES string of the molecule is COc1ccc2ncc(F)c([C@@H](O)CCC3(CC(=O)O)CCN(CCSc4cccs4)CC3)c2c1. The van der Waals surface area contributed by atoms with Gasteiger partial charge in [-0.1, -0.05) is 6.07 Å². The molecule has 1 aliphatic heterocycles. The van der Waals surface area contributed by atoms with Crippen molar-refractivity contribution in [2.24, 2.45) is 5.41 Å². The van der Waals surface area contributed by atoms with Crippen molar-refractivity contribution >= 4 is 40.0 Å². The first-order chi connectivity index (χ1) is 16.9. The number of thiophene rings is 1. The molecule has 2 N–H and O–H groups in total. The van der Waals surface area contributed by atoms with Crippen LogP contribution in [-0.2, 0) is 4.79 Å². The maximum absolute atomic E-state index is 14.8. The molecule has 4 rings (SSSR count). The van der Waals surface area contributed by atoms with E-state index in [4.69, 9.17) is 4.74 Å². The molecule has 0 amide bonds. The van der Waals surface area contributed by atoms with Crippen molar-refractivity contribution in [2.75, 3.05) is 32.5 Å². The summed E-state index contributed by atoms with van der Waals surface area (Å²) in [4.78, 5) is 18.2. The van der Waals surface area contributed by atoms with Crippen LogP contribution in [0, 0.1) is 11.2 Å². The van der Waals surface area contributed by atoms with Crippen LogP contribution in [-0.4, -0.2) is 58.6 Å². The van der Waals surface area contributed by atoms with Crippen LogP contribution in [0.3, 0.4) is 0 Å². The molecule has 3 aromatic rings. The Labute approximate surface area is 213 Å². The number of pyridine rings is 1. The van der Waals surface area contributed by atoms with E-state index in [2.05, 4.69) is 27.4 Å². The molecule has 0 spiro atoms. The van der Waals surface area contributed by atoms with E-state index in [0.717, 1.165) is 44.4 Å². The van der Waals surface area contributed by atoms with Gasteiger partial charge in [0.05, 0.1) is 35.6 Å². The second-order valence-electron chi connectivity index (χ2n) is 9.15. The number of fused-ring (bicyclic) bond motifs is 1. The number of aliphatic carboxylic acids is 1. The minimum absolute atomic E-state index is 0.0604. The second kappa shape index (κ2) is 11.7. The number of methoxy groups -OCH3 is 1. The zero-order valence-corrected chi connectivity index (χ0v) is 21.4. The third-order valence-electron chi connectivity index (χ3n) is 6.94. The summed E-state index contributed by atoms with van der Waals surface area (Å²) in [5, 5.41) is 23.2. The van der Waals surface area contributed by atoms with E-state index < -0.39 is 23.3 Å². The second-order valence-corrected chi connectivity index (χ2v) is 11.5. The average molecular weight is 519 g/mol.